The summed E-state index contributed by atoms with van der Waals surface area (Å²) in [4.78, 5) is 88.9. The van der Waals surface area contributed by atoms with Crippen molar-refractivity contribution >= 4 is 35.4 Å². The summed E-state index contributed by atoms with van der Waals surface area (Å²) in [5, 5.41) is 17.7. The molecule has 0 spiro atoms. The number of rotatable bonds is 55. The summed E-state index contributed by atoms with van der Waals surface area (Å²) in [5.41, 5.74) is 45.9. The average molecular weight is 1090 g/mol. The van der Waals surface area contributed by atoms with Crippen LogP contribution in [-0.4, -0.2) is 274 Å². The molecule has 0 aliphatic rings. The van der Waals surface area contributed by atoms with Crippen molar-refractivity contribution in [1.82, 2.24) is 88.5 Å². The fourth-order valence-corrected chi connectivity index (χ4v) is 7.58. The highest BCUT2D eigenvalue weighted by Gasteiger charge is 2.15. The van der Waals surface area contributed by atoms with Gasteiger partial charge in [-0.15, -0.1) is 0 Å². The van der Waals surface area contributed by atoms with Crippen LogP contribution in [0.15, 0.2) is 5.22 Å². The lowest BCUT2D eigenvalue weighted by Gasteiger charge is -2.24. The molecular formula is C44H102N26O6. The van der Waals surface area contributed by atoms with Crippen LogP contribution in [0.4, 0.5) is 0 Å². The zero-order chi connectivity index (χ0) is 56.3. The summed E-state index contributed by atoms with van der Waals surface area (Å²) in [6.07, 6.45) is 1.37. The molecule has 76 heavy (non-hydrogen) atoms. The van der Waals surface area contributed by atoms with Crippen LogP contribution in [0.2, 0.25) is 0 Å². The van der Waals surface area contributed by atoms with Crippen molar-refractivity contribution < 1.29 is 28.8 Å². The molecule has 0 aromatic heterocycles. The number of carbonyl (C=O) groups is 6. The number of carbonyl (C=O) groups excluding carboxylic acids is 6. The van der Waals surface area contributed by atoms with Crippen LogP contribution < -0.4 is 99.6 Å². The second-order valence-corrected chi connectivity index (χ2v) is 17.8. The molecule has 26 N–H and O–H groups in total. The van der Waals surface area contributed by atoms with Gasteiger partial charge in [-0.3, -0.25) is 88.1 Å². The second kappa shape index (κ2) is 51.3. The minimum Gasteiger partial charge on any atom is -0.355 e. The Morgan fingerprint density at radius 2 is 0.566 bits per heavy atom. The van der Waals surface area contributed by atoms with Gasteiger partial charge in [-0.1, -0.05) is 5.22 Å². The Kier molecular flexibility index (Phi) is 48.3. The van der Waals surface area contributed by atoms with Crippen molar-refractivity contribution in [2.24, 2.45) is 45.7 Å². The van der Waals surface area contributed by atoms with Crippen molar-refractivity contribution in [2.45, 2.75) is 38.5 Å². The Hall–Kier alpha value is -4.46. The third-order valence-corrected chi connectivity index (χ3v) is 11.8. The second-order valence-electron chi connectivity index (χ2n) is 17.8. The van der Waals surface area contributed by atoms with E-state index in [0.717, 1.165) is 0 Å². The lowest BCUT2D eigenvalue weighted by Crippen LogP contribution is -2.46. The largest absolute Gasteiger partial charge is 0.355 e. The normalized spacial score (nSPS) is 11.5. The standard InChI is InChI=1S/C44H102N26O6/c45-7-27-65(34-16-58-49)21-1-41(73)55-13-31-69(32-14-56-43(75)3-23-68(30-10-48)38-20-62-64-52)24-4-39(71)53-11-12-54-40(72)5-25-70(33-15-57-42(74)2-22-66(28-8-46)35-17-59-50)37-19-61-63-44(76)6-26-67(29-9-47)36-18-60-51/h58-61H,1-38,45-51H2,(H2,52,62)(H,53,71)(H,54,72)(H,55,73)(H,56,75)(H,57,74)(H,63,76). The maximum Gasteiger partial charge on any atom is 0.235 e. The van der Waals surface area contributed by atoms with Gasteiger partial charge in [0.15, 0.2) is 0 Å². The van der Waals surface area contributed by atoms with E-state index >= 15 is 0 Å². The van der Waals surface area contributed by atoms with Crippen LogP contribution in [0.3, 0.4) is 0 Å². The van der Waals surface area contributed by atoms with Crippen LogP contribution in [0.1, 0.15) is 38.5 Å². The molecule has 0 saturated carbocycles. The molecule has 0 aliphatic heterocycles. The summed E-state index contributed by atoms with van der Waals surface area (Å²) in [5.74, 6) is 15.2. The minimum absolute atomic E-state index is 0.115. The third-order valence-electron chi connectivity index (χ3n) is 11.8. The number of hydrazine groups is 4. The summed E-state index contributed by atoms with van der Waals surface area (Å²) in [6, 6.07) is 0. The Balaban J connectivity index is 5.27. The van der Waals surface area contributed by atoms with E-state index < -0.39 is 0 Å². The molecule has 32 heteroatoms. The van der Waals surface area contributed by atoms with Crippen molar-refractivity contribution in [2.75, 3.05) is 209 Å². The molecule has 444 valence electrons. The van der Waals surface area contributed by atoms with Gasteiger partial charge in [0.2, 0.25) is 35.4 Å². The molecule has 0 radical (unpaired) electrons. The van der Waals surface area contributed by atoms with Gasteiger partial charge in [0.05, 0.1) is 0 Å². The first-order valence-electron chi connectivity index (χ1n) is 26.8. The molecule has 0 bridgehead atoms. The average Bonchev–Trinajstić information content (AvgIpc) is 3.40. The van der Waals surface area contributed by atoms with E-state index in [-0.39, 0.29) is 87.1 Å². The minimum atomic E-state index is -0.226. The molecule has 0 heterocycles. The lowest BCUT2D eigenvalue weighted by atomic mass is 10.3. The summed E-state index contributed by atoms with van der Waals surface area (Å²) >= 11 is 0. The SMILES string of the molecule is N=NNCCN(CCN)CCC(=O)NCCN(CCNC(=O)CCN(CCN)CCNN)CCC(=O)NCCNC(=O)CCN(CCNNC(=O)CCN(CCN)CCNN)CCNC(=O)CCN(CCN)CCNN. The smallest absolute Gasteiger partial charge is 0.235 e. The van der Waals surface area contributed by atoms with Gasteiger partial charge in [-0.25, -0.2) is 5.43 Å². The number of hydrogen-bond acceptors (Lipinski definition) is 25. The van der Waals surface area contributed by atoms with Crippen LogP contribution in [-0.2, 0) is 28.8 Å². The highest BCUT2D eigenvalue weighted by Crippen LogP contribution is 1.98. The third kappa shape index (κ3) is 43.6. The number of hydrogen-bond donors (Lipinski definition) is 19. The molecular weight excluding hydrogens is 989 g/mol. The Bertz CT molecular complexity index is 1500. The molecule has 0 aromatic rings. The fraction of sp³-hybridized carbons (Fsp3) is 0.864. The molecule has 32 nitrogen and oxygen atoms in total. The summed E-state index contributed by atoms with van der Waals surface area (Å²) in [6.45, 7) is 15.4. The van der Waals surface area contributed by atoms with Crippen LogP contribution in [0.5, 0.6) is 0 Å². The maximum absolute atomic E-state index is 13.0. The van der Waals surface area contributed by atoms with Gasteiger partial charge in [0, 0.05) is 248 Å². The monoisotopic (exact) mass is 1090 g/mol. The van der Waals surface area contributed by atoms with E-state index in [0.29, 0.717) is 196 Å². The molecule has 6 amide bonds. The highest BCUT2D eigenvalue weighted by atomic mass is 16.2. The summed E-state index contributed by atoms with van der Waals surface area (Å²) < 4.78 is 0. The predicted molar refractivity (Wildman–Crippen MR) is 293 cm³/mol. The quantitative estimate of drug-likeness (QED) is 0.0116. The molecule has 0 atom stereocenters. The van der Waals surface area contributed by atoms with Crippen LogP contribution in [0.25, 0.3) is 0 Å². The van der Waals surface area contributed by atoms with Crippen LogP contribution in [0, 0.1) is 5.53 Å². The van der Waals surface area contributed by atoms with Crippen LogP contribution >= 0.6 is 0 Å². The van der Waals surface area contributed by atoms with E-state index in [1.54, 1.807) is 0 Å². The molecule has 0 saturated heterocycles. The van der Waals surface area contributed by atoms with Crippen molar-refractivity contribution in [3.8, 4) is 0 Å². The van der Waals surface area contributed by atoms with Crippen molar-refractivity contribution in [1.29, 1.82) is 5.53 Å². The fourth-order valence-electron chi connectivity index (χ4n) is 7.58. The first-order valence-corrected chi connectivity index (χ1v) is 26.8. The van der Waals surface area contributed by atoms with Gasteiger partial charge in [-0.2, -0.15) is 5.53 Å². The predicted octanol–water partition coefficient (Wildman–Crippen LogP) is -9.90. The van der Waals surface area contributed by atoms with Crippen molar-refractivity contribution in [3.05, 3.63) is 0 Å². The van der Waals surface area contributed by atoms with Gasteiger partial charge in [-0.05, 0) is 0 Å². The van der Waals surface area contributed by atoms with E-state index in [1.165, 1.54) is 0 Å². The van der Waals surface area contributed by atoms with Crippen molar-refractivity contribution in [3.63, 3.8) is 0 Å². The Labute approximate surface area is 450 Å². The summed E-state index contributed by atoms with van der Waals surface area (Å²) in [7, 11) is 0. The van der Waals surface area contributed by atoms with Gasteiger partial charge < -0.3 is 64.2 Å². The topological polar surface area (TPSA) is 473 Å². The molecule has 0 rings (SSSR count). The zero-order valence-electron chi connectivity index (χ0n) is 45.5. The first kappa shape index (κ1) is 71.5. The molecule has 0 aromatic carbocycles. The number of nitrogens with two attached hydrogens (primary N) is 7. The lowest BCUT2D eigenvalue weighted by molar-refractivity contribution is -0.123. The number of amides is 6. The maximum atomic E-state index is 13.0. The molecule has 0 fully saturated rings. The Morgan fingerprint density at radius 3 is 0.855 bits per heavy atom. The van der Waals surface area contributed by atoms with E-state index in [2.05, 4.69) is 74.2 Å². The van der Waals surface area contributed by atoms with E-state index in [1.807, 2.05) is 19.6 Å². The highest BCUT2D eigenvalue weighted by molar-refractivity contribution is 5.78. The van der Waals surface area contributed by atoms with Gasteiger partial charge in [0.1, 0.15) is 0 Å². The van der Waals surface area contributed by atoms with E-state index in [9.17, 15) is 28.8 Å². The van der Waals surface area contributed by atoms with Gasteiger partial charge >= 0.3 is 0 Å². The number of nitrogens with one attached hydrogen (secondary N) is 12. The first-order chi connectivity index (χ1) is 36.9. The Morgan fingerprint density at radius 1 is 0.316 bits per heavy atom. The zero-order valence-corrected chi connectivity index (χ0v) is 45.5. The molecule has 0 unspecified atom stereocenters. The number of nitrogens with zero attached hydrogens (tertiary/aromatic N) is 7. The van der Waals surface area contributed by atoms with Gasteiger partial charge in [0.25, 0.3) is 0 Å². The van der Waals surface area contributed by atoms with E-state index in [4.69, 9.17) is 46.0 Å². The molecule has 0 aliphatic carbocycles.